The van der Waals surface area contributed by atoms with E-state index in [0.717, 1.165) is 16.8 Å². The number of amides is 1. The first-order valence-corrected chi connectivity index (χ1v) is 8.43. The molecule has 0 unspecified atom stereocenters. The highest BCUT2D eigenvalue weighted by Crippen LogP contribution is 2.36. The van der Waals surface area contributed by atoms with Crippen molar-refractivity contribution < 1.29 is 18.0 Å². The highest BCUT2D eigenvalue weighted by molar-refractivity contribution is 9.10. The summed E-state index contributed by atoms with van der Waals surface area (Å²) in [4.78, 5) is 14.0. The Morgan fingerprint density at radius 1 is 1.44 bits per heavy atom. The highest BCUT2D eigenvalue weighted by Gasteiger charge is 2.39. The van der Waals surface area contributed by atoms with Crippen molar-refractivity contribution in [1.29, 1.82) is 0 Å². The number of nitrogens with zero attached hydrogens (tertiary/aromatic N) is 5. The molecule has 6 nitrogen and oxygen atoms in total. The molecule has 138 valence electrons. The third-order valence-electron chi connectivity index (χ3n) is 3.88. The largest absolute Gasteiger partial charge is 0.436 e. The summed E-state index contributed by atoms with van der Waals surface area (Å²) in [5.41, 5.74) is 0.0659. The quantitative estimate of drug-likeness (QED) is 0.743. The van der Waals surface area contributed by atoms with Gasteiger partial charge in [0.2, 0.25) is 5.91 Å². The summed E-state index contributed by atoms with van der Waals surface area (Å²) in [5.74, 6) is -0.337. The Bertz CT molecular complexity index is 768. The highest BCUT2D eigenvalue weighted by atomic mass is 79.9. The lowest BCUT2D eigenvalue weighted by atomic mass is 10.2. The molecule has 0 spiro atoms. The van der Waals surface area contributed by atoms with Crippen LogP contribution >= 0.6 is 15.9 Å². The molecule has 0 aromatic carbocycles. The van der Waals surface area contributed by atoms with E-state index in [1.807, 2.05) is 13.1 Å². The van der Waals surface area contributed by atoms with Crippen LogP contribution in [0.4, 0.5) is 13.2 Å². The Balaban J connectivity index is 2.19. The van der Waals surface area contributed by atoms with Gasteiger partial charge in [-0.2, -0.15) is 23.4 Å². The number of alkyl halides is 3. The molecule has 0 radical (unpaired) electrons. The lowest BCUT2D eigenvalue weighted by Gasteiger charge is -2.22. The van der Waals surface area contributed by atoms with Gasteiger partial charge in [0.15, 0.2) is 5.69 Å². The van der Waals surface area contributed by atoms with E-state index in [0.29, 0.717) is 6.54 Å². The predicted octanol–water partition coefficient (Wildman–Crippen LogP) is 3.41. The Kier molecular flexibility index (Phi) is 5.60. The van der Waals surface area contributed by atoms with Gasteiger partial charge in [0.25, 0.3) is 0 Å². The smallest absolute Gasteiger partial charge is 0.339 e. The molecular formula is C15H19BrF3N5O. The van der Waals surface area contributed by atoms with Gasteiger partial charge in [0.1, 0.15) is 6.04 Å². The molecular weight excluding hydrogens is 403 g/mol. The third kappa shape index (κ3) is 4.05. The molecule has 1 amide bonds. The van der Waals surface area contributed by atoms with Gasteiger partial charge in [-0.05, 0) is 36.7 Å². The zero-order valence-electron chi connectivity index (χ0n) is 14.3. The minimum Gasteiger partial charge on any atom is -0.339 e. The van der Waals surface area contributed by atoms with Crippen molar-refractivity contribution in [3.05, 3.63) is 33.8 Å². The van der Waals surface area contributed by atoms with Crippen molar-refractivity contribution in [2.75, 3.05) is 7.05 Å². The second-order valence-electron chi connectivity index (χ2n) is 5.76. The lowest BCUT2D eigenvalue weighted by Crippen LogP contribution is -2.33. The Hall–Kier alpha value is -1.84. The first-order valence-electron chi connectivity index (χ1n) is 7.64. The fraction of sp³-hybridized carbons (Fsp3) is 0.533. The van der Waals surface area contributed by atoms with Crippen LogP contribution in [0.5, 0.6) is 0 Å². The van der Waals surface area contributed by atoms with E-state index in [9.17, 15) is 18.0 Å². The molecule has 2 rings (SSSR count). The molecule has 0 bridgehead atoms. The molecule has 0 aliphatic heterocycles. The molecule has 10 heteroatoms. The van der Waals surface area contributed by atoms with Gasteiger partial charge >= 0.3 is 6.18 Å². The normalized spacial score (nSPS) is 13.1. The molecule has 0 saturated heterocycles. The summed E-state index contributed by atoms with van der Waals surface area (Å²) < 4.78 is 41.6. The van der Waals surface area contributed by atoms with Gasteiger partial charge in [-0.15, -0.1) is 0 Å². The van der Waals surface area contributed by atoms with E-state index in [1.54, 1.807) is 17.9 Å². The number of likely N-dealkylation sites (N-methyl/N-ethyl adjacent to an activating group) is 1. The van der Waals surface area contributed by atoms with Crippen molar-refractivity contribution in [3.8, 4) is 0 Å². The first kappa shape index (κ1) is 19.5. The first-order chi connectivity index (χ1) is 11.6. The summed E-state index contributed by atoms with van der Waals surface area (Å²) in [5, 5.41) is 7.73. The molecule has 0 fully saturated rings. The van der Waals surface area contributed by atoms with E-state index in [2.05, 4.69) is 26.1 Å². The van der Waals surface area contributed by atoms with Gasteiger partial charge in [-0.3, -0.25) is 14.2 Å². The molecule has 0 saturated carbocycles. The van der Waals surface area contributed by atoms with Crippen LogP contribution < -0.4 is 0 Å². The standard InChI is InChI=1S/C15H19BrF3N5O/c1-5-23-8-11(6-20-23)7-22(4)14(25)10(3)24-9(2)12(16)13(21-24)15(17,18)19/h6,8,10H,5,7H2,1-4H3/t10-/m1/s1. The zero-order chi connectivity index (χ0) is 18.9. The fourth-order valence-electron chi connectivity index (χ4n) is 2.49. The van der Waals surface area contributed by atoms with E-state index < -0.39 is 17.9 Å². The van der Waals surface area contributed by atoms with Crippen molar-refractivity contribution in [2.45, 2.75) is 46.1 Å². The van der Waals surface area contributed by atoms with Crippen LogP contribution in [-0.2, 0) is 24.1 Å². The summed E-state index contributed by atoms with van der Waals surface area (Å²) >= 11 is 2.92. The van der Waals surface area contributed by atoms with Gasteiger partial charge in [-0.25, -0.2) is 0 Å². The molecule has 2 heterocycles. The van der Waals surface area contributed by atoms with Crippen molar-refractivity contribution >= 4 is 21.8 Å². The summed E-state index contributed by atoms with van der Waals surface area (Å²) in [6, 6.07) is -0.862. The summed E-state index contributed by atoms with van der Waals surface area (Å²) in [6.45, 7) is 6.00. The third-order valence-corrected chi connectivity index (χ3v) is 4.83. The number of rotatable bonds is 5. The van der Waals surface area contributed by atoms with E-state index >= 15 is 0 Å². The fourth-order valence-corrected chi connectivity index (χ4v) is 2.98. The molecule has 0 aliphatic rings. The van der Waals surface area contributed by atoms with Gasteiger partial charge < -0.3 is 4.90 Å². The van der Waals surface area contributed by atoms with E-state index in [-0.39, 0.29) is 16.1 Å². The molecule has 2 aromatic heterocycles. The maximum absolute atomic E-state index is 13.0. The minimum absolute atomic E-state index is 0.147. The minimum atomic E-state index is -4.59. The maximum atomic E-state index is 13.0. The van der Waals surface area contributed by atoms with Crippen LogP contribution in [0.2, 0.25) is 0 Å². The van der Waals surface area contributed by atoms with Crippen LogP contribution in [0.25, 0.3) is 0 Å². The van der Waals surface area contributed by atoms with E-state index in [4.69, 9.17) is 0 Å². The Morgan fingerprint density at radius 2 is 2.08 bits per heavy atom. The van der Waals surface area contributed by atoms with E-state index in [1.165, 1.54) is 18.7 Å². The topological polar surface area (TPSA) is 56.0 Å². The average molecular weight is 422 g/mol. The van der Waals surface area contributed by atoms with Gasteiger partial charge in [0.05, 0.1) is 16.4 Å². The monoisotopic (exact) mass is 421 g/mol. The SMILES string of the molecule is CCn1cc(CN(C)C(=O)[C@@H](C)n2nc(C(F)(F)F)c(Br)c2C)cn1. The number of hydrogen-bond acceptors (Lipinski definition) is 3. The second-order valence-corrected chi connectivity index (χ2v) is 6.56. The van der Waals surface area contributed by atoms with Gasteiger partial charge in [0, 0.05) is 31.9 Å². The number of aryl methyl sites for hydroxylation is 1. The zero-order valence-corrected chi connectivity index (χ0v) is 15.9. The molecule has 0 N–H and O–H groups in total. The predicted molar refractivity (Wildman–Crippen MR) is 88.8 cm³/mol. The summed E-state index contributed by atoms with van der Waals surface area (Å²) in [6.07, 6.45) is -1.10. The van der Waals surface area contributed by atoms with Crippen LogP contribution in [0.15, 0.2) is 16.9 Å². The van der Waals surface area contributed by atoms with Crippen molar-refractivity contribution in [2.24, 2.45) is 0 Å². The Morgan fingerprint density at radius 3 is 2.56 bits per heavy atom. The Labute approximate surface area is 151 Å². The molecule has 0 aliphatic carbocycles. The number of halogens is 4. The number of aromatic nitrogens is 4. The van der Waals surface area contributed by atoms with Crippen LogP contribution in [-0.4, -0.2) is 37.4 Å². The summed E-state index contributed by atoms with van der Waals surface area (Å²) in [7, 11) is 1.60. The number of carbonyl (C=O) groups is 1. The van der Waals surface area contributed by atoms with Crippen LogP contribution in [0, 0.1) is 6.92 Å². The molecule has 25 heavy (non-hydrogen) atoms. The molecule has 1 atom stereocenters. The van der Waals surface area contributed by atoms with Crippen molar-refractivity contribution in [1.82, 2.24) is 24.5 Å². The molecule has 2 aromatic rings. The van der Waals surface area contributed by atoms with Gasteiger partial charge in [-0.1, -0.05) is 0 Å². The lowest BCUT2D eigenvalue weighted by molar-refractivity contribution is -0.143. The van der Waals surface area contributed by atoms with Crippen LogP contribution in [0.1, 0.15) is 36.8 Å². The maximum Gasteiger partial charge on any atom is 0.436 e. The number of hydrogen-bond donors (Lipinski definition) is 0. The van der Waals surface area contributed by atoms with Crippen molar-refractivity contribution in [3.63, 3.8) is 0 Å². The second kappa shape index (κ2) is 7.19. The average Bonchev–Trinajstić information content (AvgIpc) is 3.11. The van der Waals surface area contributed by atoms with Crippen LogP contribution in [0.3, 0.4) is 0 Å². The number of carbonyl (C=O) groups excluding carboxylic acids is 1.